The molecule has 2 heteroatoms. The van der Waals surface area contributed by atoms with Gasteiger partial charge in [0, 0.05) is 0 Å². The number of hydrogen-bond acceptors (Lipinski definition) is 1. The van der Waals surface area contributed by atoms with Crippen LogP contribution < -0.4 is 0 Å². The minimum Gasteiger partial charge on any atom is -0.152 e. The van der Waals surface area contributed by atoms with Gasteiger partial charge in [0.1, 0.15) is 4.21 Å². The van der Waals surface area contributed by atoms with E-state index in [-0.39, 0.29) is 0 Å². The van der Waals surface area contributed by atoms with Crippen LogP contribution in [-0.2, 0) is 0 Å². The number of rotatable bonds is 0. The average Bonchev–Trinajstić information content (AvgIpc) is 1.65. The molecule has 44 valence electrons. The van der Waals surface area contributed by atoms with Crippen molar-refractivity contribution in [3.63, 3.8) is 0 Å². The second kappa shape index (κ2) is 2.16. The van der Waals surface area contributed by atoms with E-state index in [1.807, 2.05) is 24.3 Å². The Labute approximate surface area is 59.6 Å². The Morgan fingerprint density at radius 2 is 2.25 bits per heavy atom. The van der Waals surface area contributed by atoms with Crippen molar-refractivity contribution >= 4 is 24.2 Å². The molecule has 0 spiro atoms. The van der Waals surface area contributed by atoms with Crippen molar-refractivity contribution in [1.29, 1.82) is 0 Å². The van der Waals surface area contributed by atoms with Gasteiger partial charge in [-0.05, 0) is 6.42 Å². The molecule has 0 aromatic carbocycles. The molecule has 1 atom stereocenters. The van der Waals surface area contributed by atoms with E-state index in [0.717, 1.165) is 6.42 Å². The summed E-state index contributed by atoms with van der Waals surface area (Å²) in [6.45, 7) is 0. The molecular formula is C6H7ClS. The van der Waals surface area contributed by atoms with Crippen LogP contribution in [0.5, 0.6) is 0 Å². The van der Waals surface area contributed by atoms with Gasteiger partial charge in [0.2, 0.25) is 0 Å². The maximum atomic E-state index is 5.80. The summed E-state index contributed by atoms with van der Waals surface area (Å²) < 4.78 is -0.422. The van der Waals surface area contributed by atoms with Gasteiger partial charge in [-0.1, -0.05) is 24.3 Å². The van der Waals surface area contributed by atoms with Crippen LogP contribution in [0.4, 0.5) is 0 Å². The molecule has 1 aliphatic rings. The summed E-state index contributed by atoms with van der Waals surface area (Å²) in [4.78, 5) is 0. The van der Waals surface area contributed by atoms with Crippen molar-refractivity contribution in [3.05, 3.63) is 24.3 Å². The fourth-order valence-corrected chi connectivity index (χ4v) is 0.936. The van der Waals surface area contributed by atoms with Gasteiger partial charge in [-0.3, -0.25) is 0 Å². The van der Waals surface area contributed by atoms with Gasteiger partial charge in [-0.2, -0.15) is 12.6 Å². The first-order chi connectivity index (χ1) is 3.71. The summed E-state index contributed by atoms with van der Waals surface area (Å²) in [5.41, 5.74) is 0. The summed E-state index contributed by atoms with van der Waals surface area (Å²) in [5, 5.41) is 0. The predicted octanol–water partition coefficient (Wildman–Crippen LogP) is 2.37. The van der Waals surface area contributed by atoms with Crippen LogP contribution in [0.3, 0.4) is 0 Å². The number of alkyl halides is 1. The predicted molar refractivity (Wildman–Crippen MR) is 40.5 cm³/mol. The summed E-state index contributed by atoms with van der Waals surface area (Å²) >= 11 is 9.94. The maximum absolute atomic E-state index is 5.80. The fourth-order valence-electron chi connectivity index (χ4n) is 0.583. The van der Waals surface area contributed by atoms with Gasteiger partial charge >= 0.3 is 0 Å². The third kappa shape index (κ3) is 1.57. The minimum absolute atomic E-state index is 0.422. The zero-order valence-electron chi connectivity index (χ0n) is 4.34. The van der Waals surface area contributed by atoms with E-state index in [1.54, 1.807) is 0 Å². The molecule has 0 heterocycles. The number of halogens is 1. The normalized spacial score (nSPS) is 35.8. The molecule has 0 saturated heterocycles. The second-order valence-corrected chi connectivity index (χ2v) is 3.55. The van der Waals surface area contributed by atoms with Gasteiger partial charge in [0.25, 0.3) is 0 Å². The van der Waals surface area contributed by atoms with Gasteiger partial charge in [0.05, 0.1) is 0 Å². The first kappa shape index (κ1) is 6.24. The van der Waals surface area contributed by atoms with Crippen LogP contribution >= 0.6 is 24.2 Å². The largest absolute Gasteiger partial charge is 0.152 e. The summed E-state index contributed by atoms with van der Waals surface area (Å²) in [5.74, 6) is 0. The number of allylic oxidation sites excluding steroid dienone is 3. The molecule has 0 aromatic heterocycles. The molecule has 0 amide bonds. The van der Waals surface area contributed by atoms with E-state index in [0.29, 0.717) is 0 Å². The van der Waals surface area contributed by atoms with Gasteiger partial charge in [-0.15, -0.1) is 11.6 Å². The van der Waals surface area contributed by atoms with Crippen molar-refractivity contribution < 1.29 is 0 Å². The topological polar surface area (TPSA) is 0 Å². The highest BCUT2D eigenvalue weighted by Gasteiger charge is 2.16. The molecule has 8 heavy (non-hydrogen) atoms. The highest BCUT2D eigenvalue weighted by molar-refractivity contribution is 7.83. The van der Waals surface area contributed by atoms with Gasteiger partial charge in [-0.25, -0.2) is 0 Å². The molecule has 0 nitrogen and oxygen atoms in total. The van der Waals surface area contributed by atoms with Crippen LogP contribution in [0.1, 0.15) is 6.42 Å². The molecule has 0 bridgehead atoms. The maximum Gasteiger partial charge on any atom is 0.109 e. The molecule has 0 aromatic rings. The first-order valence-electron chi connectivity index (χ1n) is 2.46. The smallest absolute Gasteiger partial charge is 0.109 e. The third-order valence-corrected chi connectivity index (χ3v) is 1.61. The van der Waals surface area contributed by atoms with Crippen molar-refractivity contribution in [3.8, 4) is 0 Å². The Hall–Kier alpha value is 0.120. The quantitative estimate of drug-likeness (QED) is 0.394. The van der Waals surface area contributed by atoms with E-state index in [4.69, 9.17) is 11.6 Å². The summed E-state index contributed by atoms with van der Waals surface area (Å²) in [7, 11) is 0. The molecule has 1 unspecified atom stereocenters. The third-order valence-electron chi connectivity index (χ3n) is 1.00. The number of hydrogen-bond donors (Lipinski definition) is 1. The average molecular weight is 147 g/mol. The lowest BCUT2D eigenvalue weighted by molar-refractivity contribution is 0.984. The molecule has 0 N–H and O–H groups in total. The Balaban J connectivity index is 2.65. The van der Waals surface area contributed by atoms with E-state index >= 15 is 0 Å². The lowest BCUT2D eigenvalue weighted by Crippen LogP contribution is -2.07. The van der Waals surface area contributed by atoms with Gasteiger partial charge in [0.15, 0.2) is 0 Å². The van der Waals surface area contributed by atoms with Crippen LogP contribution in [0.2, 0.25) is 0 Å². The Kier molecular flexibility index (Phi) is 1.68. The minimum atomic E-state index is -0.422. The zero-order chi connectivity index (χ0) is 6.04. The molecule has 1 aliphatic carbocycles. The van der Waals surface area contributed by atoms with Crippen LogP contribution in [0.15, 0.2) is 24.3 Å². The first-order valence-corrected chi connectivity index (χ1v) is 3.29. The molecule has 0 aliphatic heterocycles. The van der Waals surface area contributed by atoms with Crippen molar-refractivity contribution in [2.24, 2.45) is 0 Å². The van der Waals surface area contributed by atoms with Crippen LogP contribution in [0.25, 0.3) is 0 Å². The van der Waals surface area contributed by atoms with E-state index < -0.39 is 4.21 Å². The summed E-state index contributed by atoms with van der Waals surface area (Å²) in [6, 6.07) is 0. The molecule has 0 radical (unpaired) electrons. The SMILES string of the molecule is SC1(Cl)C=CC=CC1. The fraction of sp³-hybridized carbons (Fsp3) is 0.333. The Bertz CT molecular complexity index is 135. The van der Waals surface area contributed by atoms with Crippen LogP contribution in [-0.4, -0.2) is 4.21 Å². The lowest BCUT2D eigenvalue weighted by atomic mass is 10.2. The van der Waals surface area contributed by atoms with E-state index in [1.165, 1.54) is 0 Å². The second-order valence-electron chi connectivity index (χ2n) is 1.81. The lowest BCUT2D eigenvalue weighted by Gasteiger charge is -2.15. The molecule has 1 rings (SSSR count). The molecule has 0 saturated carbocycles. The highest BCUT2D eigenvalue weighted by Crippen LogP contribution is 2.28. The summed E-state index contributed by atoms with van der Waals surface area (Å²) in [6.07, 6.45) is 8.56. The monoisotopic (exact) mass is 146 g/mol. The van der Waals surface area contributed by atoms with Crippen molar-refractivity contribution in [1.82, 2.24) is 0 Å². The van der Waals surface area contributed by atoms with Gasteiger partial charge < -0.3 is 0 Å². The highest BCUT2D eigenvalue weighted by atomic mass is 35.5. The molecule has 0 fully saturated rings. The van der Waals surface area contributed by atoms with E-state index in [2.05, 4.69) is 12.6 Å². The van der Waals surface area contributed by atoms with Crippen molar-refractivity contribution in [2.75, 3.05) is 0 Å². The Morgan fingerprint density at radius 3 is 2.50 bits per heavy atom. The Morgan fingerprint density at radius 1 is 1.50 bits per heavy atom. The van der Waals surface area contributed by atoms with Crippen LogP contribution in [0, 0.1) is 0 Å². The van der Waals surface area contributed by atoms with E-state index in [9.17, 15) is 0 Å². The standard InChI is InChI=1S/C6H7ClS/c7-6(8)4-2-1-3-5-6/h1-4,8H,5H2. The van der Waals surface area contributed by atoms with Crippen molar-refractivity contribution in [2.45, 2.75) is 10.6 Å². The number of thiol groups is 1. The zero-order valence-corrected chi connectivity index (χ0v) is 5.99. The molecular weight excluding hydrogens is 140 g/mol.